The molecule has 0 aromatic carbocycles. The van der Waals surface area contributed by atoms with Crippen LogP contribution < -0.4 is 10.6 Å². The topological polar surface area (TPSA) is 106 Å². The van der Waals surface area contributed by atoms with Gasteiger partial charge < -0.3 is 19.6 Å². The SMILES string of the molecule is Cc1cc(NC(=O)[C@H](C)Sc2nnc(NCc3ccco3)s2)no1. The first-order valence-electron chi connectivity index (χ1n) is 7.11. The monoisotopic (exact) mass is 365 g/mol. The maximum absolute atomic E-state index is 12.1. The second kappa shape index (κ2) is 7.49. The van der Waals surface area contributed by atoms with Crippen molar-refractivity contribution in [1.82, 2.24) is 15.4 Å². The average Bonchev–Trinajstić information content (AvgIpc) is 3.28. The van der Waals surface area contributed by atoms with Gasteiger partial charge in [0.05, 0.1) is 18.1 Å². The van der Waals surface area contributed by atoms with Crippen molar-refractivity contribution in [2.45, 2.75) is 30.0 Å². The summed E-state index contributed by atoms with van der Waals surface area (Å²) in [6, 6.07) is 5.37. The van der Waals surface area contributed by atoms with Crippen LogP contribution in [0.25, 0.3) is 0 Å². The van der Waals surface area contributed by atoms with Gasteiger partial charge in [0, 0.05) is 6.07 Å². The van der Waals surface area contributed by atoms with E-state index in [2.05, 4.69) is 26.0 Å². The number of carbonyl (C=O) groups is 1. The molecular formula is C14H15N5O3S2. The highest BCUT2D eigenvalue weighted by molar-refractivity contribution is 8.02. The highest BCUT2D eigenvalue weighted by atomic mass is 32.2. The number of aromatic nitrogens is 3. The third-order valence-corrected chi connectivity index (χ3v) is 4.99. The Morgan fingerprint density at radius 1 is 1.46 bits per heavy atom. The maximum Gasteiger partial charge on any atom is 0.238 e. The smallest absolute Gasteiger partial charge is 0.238 e. The standard InChI is InChI=1S/C14H15N5O3S2/c1-8-6-11(19-22-8)16-12(20)9(2)23-14-18-17-13(24-14)15-7-10-4-3-5-21-10/h3-6,9H,7H2,1-2H3,(H,15,17)(H,16,19,20)/t9-/m0/s1. The number of anilines is 2. The lowest BCUT2D eigenvalue weighted by atomic mass is 10.4. The molecule has 0 fully saturated rings. The summed E-state index contributed by atoms with van der Waals surface area (Å²) in [6.07, 6.45) is 1.62. The number of aryl methyl sites for hydroxylation is 1. The molecule has 0 aliphatic heterocycles. The maximum atomic E-state index is 12.1. The van der Waals surface area contributed by atoms with Gasteiger partial charge in [-0.3, -0.25) is 4.79 Å². The highest BCUT2D eigenvalue weighted by Crippen LogP contribution is 2.29. The van der Waals surface area contributed by atoms with Gasteiger partial charge >= 0.3 is 0 Å². The molecular weight excluding hydrogens is 350 g/mol. The summed E-state index contributed by atoms with van der Waals surface area (Å²) in [4.78, 5) is 12.1. The van der Waals surface area contributed by atoms with E-state index in [1.807, 2.05) is 12.1 Å². The van der Waals surface area contributed by atoms with Crippen molar-refractivity contribution < 1.29 is 13.7 Å². The van der Waals surface area contributed by atoms with Gasteiger partial charge in [0.2, 0.25) is 11.0 Å². The lowest BCUT2D eigenvalue weighted by Gasteiger charge is -2.07. The van der Waals surface area contributed by atoms with E-state index in [0.717, 1.165) is 5.76 Å². The van der Waals surface area contributed by atoms with Gasteiger partial charge in [0.25, 0.3) is 0 Å². The highest BCUT2D eigenvalue weighted by Gasteiger charge is 2.18. The summed E-state index contributed by atoms with van der Waals surface area (Å²) < 4.78 is 10.9. The minimum Gasteiger partial charge on any atom is -0.467 e. The summed E-state index contributed by atoms with van der Waals surface area (Å²) in [7, 11) is 0. The molecule has 0 saturated heterocycles. The van der Waals surface area contributed by atoms with E-state index in [1.165, 1.54) is 23.1 Å². The number of nitrogens with one attached hydrogen (secondary N) is 2. The van der Waals surface area contributed by atoms with Crippen LogP contribution in [-0.2, 0) is 11.3 Å². The number of thioether (sulfide) groups is 1. The normalized spacial score (nSPS) is 12.1. The molecule has 0 aliphatic rings. The molecule has 2 N–H and O–H groups in total. The van der Waals surface area contributed by atoms with Gasteiger partial charge in [-0.05, 0) is 26.0 Å². The second-order valence-electron chi connectivity index (χ2n) is 4.88. The molecule has 8 nitrogen and oxygen atoms in total. The number of amides is 1. The number of carbonyl (C=O) groups excluding carboxylic acids is 1. The van der Waals surface area contributed by atoms with Gasteiger partial charge in [-0.15, -0.1) is 10.2 Å². The lowest BCUT2D eigenvalue weighted by molar-refractivity contribution is -0.115. The van der Waals surface area contributed by atoms with Crippen molar-refractivity contribution in [3.05, 3.63) is 36.0 Å². The summed E-state index contributed by atoms with van der Waals surface area (Å²) in [6.45, 7) is 4.09. The first kappa shape index (κ1) is 16.5. The molecule has 1 amide bonds. The Labute approximate surface area is 146 Å². The fraction of sp³-hybridized carbons (Fsp3) is 0.286. The van der Waals surface area contributed by atoms with Crippen molar-refractivity contribution in [2.24, 2.45) is 0 Å². The van der Waals surface area contributed by atoms with Gasteiger partial charge in [0.1, 0.15) is 11.5 Å². The molecule has 3 rings (SSSR count). The Morgan fingerprint density at radius 3 is 3.04 bits per heavy atom. The number of nitrogens with zero attached hydrogens (tertiary/aromatic N) is 3. The number of hydrogen-bond donors (Lipinski definition) is 2. The van der Waals surface area contributed by atoms with Crippen molar-refractivity contribution in [3.8, 4) is 0 Å². The Balaban J connectivity index is 1.50. The molecule has 0 aliphatic carbocycles. The van der Waals surface area contributed by atoms with Crippen molar-refractivity contribution in [3.63, 3.8) is 0 Å². The van der Waals surface area contributed by atoms with Crippen LogP contribution in [0.2, 0.25) is 0 Å². The van der Waals surface area contributed by atoms with Gasteiger partial charge in [-0.25, -0.2) is 0 Å². The fourth-order valence-electron chi connectivity index (χ4n) is 1.76. The van der Waals surface area contributed by atoms with Crippen molar-refractivity contribution in [2.75, 3.05) is 10.6 Å². The number of furan rings is 1. The molecule has 0 spiro atoms. The van der Waals surface area contributed by atoms with Gasteiger partial charge in [-0.2, -0.15) is 0 Å². The Bertz CT molecular complexity index is 799. The summed E-state index contributed by atoms with van der Waals surface area (Å²) in [5, 5.41) is 18.0. The second-order valence-corrected chi connectivity index (χ2v) is 7.44. The van der Waals surface area contributed by atoms with Crippen LogP contribution in [-0.4, -0.2) is 26.5 Å². The van der Waals surface area contributed by atoms with Crippen LogP contribution in [0.1, 0.15) is 18.4 Å². The number of rotatable bonds is 7. The van der Waals surface area contributed by atoms with E-state index < -0.39 is 0 Å². The van der Waals surface area contributed by atoms with E-state index in [-0.39, 0.29) is 11.2 Å². The minimum absolute atomic E-state index is 0.173. The van der Waals surface area contributed by atoms with Crippen LogP contribution >= 0.6 is 23.1 Å². The zero-order valence-corrected chi connectivity index (χ0v) is 14.6. The Kier molecular flexibility index (Phi) is 5.16. The molecule has 0 bridgehead atoms. The molecule has 10 heteroatoms. The predicted octanol–water partition coefficient (Wildman–Crippen LogP) is 3.16. The molecule has 0 radical (unpaired) electrons. The summed E-state index contributed by atoms with van der Waals surface area (Å²) in [5.74, 6) is 1.69. The molecule has 24 heavy (non-hydrogen) atoms. The van der Waals surface area contributed by atoms with E-state index >= 15 is 0 Å². The quantitative estimate of drug-likeness (QED) is 0.615. The first-order valence-corrected chi connectivity index (χ1v) is 8.80. The molecule has 126 valence electrons. The van der Waals surface area contributed by atoms with Crippen molar-refractivity contribution in [1.29, 1.82) is 0 Å². The number of hydrogen-bond acceptors (Lipinski definition) is 9. The molecule has 0 unspecified atom stereocenters. The third-order valence-electron chi connectivity index (χ3n) is 2.93. The molecule has 1 atom stereocenters. The van der Waals surface area contributed by atoms with E-state index in [1.54, 1.807) is 26.2 Å². The fourth-order valence-corrected chi connectivity index (χ4v) is 3.65. The van der Waals surface area contributed by atoms with Crippen LogP contribution in [0.3, 0.4) is 0 Å². The average molecular weight is 365 g/mol. The van der Waals surface area contributed by atoms with Crippen LogP contribution in [0.15, 0.2) is 37.7 Å². The minimum atomic E-state index is -0.340. The molecule has 3 aromatic rings. The molecule has 3 aromatic heterocycles. The molecule has 3 heterocycles. The lowest BCUT2D eigenvalue weighted by Crippen LogP contribution is -2.22. The van der Waals surface area contributed by atoms with Crippen molar-refractivity contribution >= 4 is 40.0 Å². The predicted molar refractivity (Wildman–Crippen MR) is 91.1 cm³/mol. The Morgan fingerprint density at radius 2 is 2.33 bits per heavy atom. The summed E-state index contributed by atoms with van der Waals surface area (Å²) >= 11 is 2.72. The summed E-state index contributed by atoms with van der Waals surface area (Å²) in [5.41, 5.74) is 0. The van der Waals surface area contributed by atoms with Gasteiger partial charge in [0.15, 0.2) is 10.2 Å². The van der Waals surface area contributed by atoms with E-state index in [9.17, 15) is 4.79 Å². The zero-order valence-electron chi connectivity index (χ0n) is 13.0. The van der Waals surface area contributed by atoms with E-state index in [4.69, 9.17) is 8.94 Å². The van der Waals surface area contributed by atoms with Crippen LogP contribution in [0, 0.1) is 6.92 Å². The third kappa shape index (κ3) is 4.36. The van der Waals surface area contributed by atoms with Gasteiger partial charge in [-0.1, -0.05) is 28.3 Å². The zero-order chi connectivity index (χ0) is 16.9. The van der Waals surface area contributed by atoms with E-state index in [0.29, 0.717) is 27.6 Å². The van der Waals surface area contributed by atoms with Crippen LogP contribution in [0.4, 0.5) is 10.9 Å². The largest absolute Gasteiger partial charge is 0.467 e. The Hall–Kier alpha value is -2.33. The molecule has 0 saturated carbocycles. The first-order chi connectivity index (χ1) is 11.6. The van der Waals surface area contributed by atoms with Crippen LogP contribution in [0.5, 0.6) is 0 Å².